The summed E-state index contributed by atoms with van der Waals surface area (Å²) in [6.45, 7) is 0. The Kier molecular flexibility index (Phi) is 8.08. The van der Waals surface area contributed by atoms with Crippen molar-refractivity contribution < 1.29 is 27.4 Å². The molecule has 2 N–H and O–H groups in total. The van der Waals surface area contributed by atoms with Gasteiger partial charge in [0.05, 0.1) is 10.0 Å². The first-order valence-electron chi connectivity index (χ1n) is 10.7. The molecule has 0 radical (unpaired) electrons. The first-order chi connectivity index (χ1) is 14.7. The number of ether oxygens (including phenoxy) is 2. The summed E-state index contributed by atoms with van der Waals surface area (Å²) >= 11 is 11.7. The van der Waals surface area contributed by atoms with Gasteiger partial charge in [-0.3, -0.25) is 5.32 Å². The highest BCUT2D eigenvalue weighted by molar-refractivity contribution is 6.42. The van der Waals surface area contributed by atoms with Gasteiger partial charge in [-0.15, -0.1) is 0 Å². The van der Waals surface area contributed by atoms with Crippen molar-refractivity contribution in [3.8, 4) is 11.5 Å². The Morgan fingerprint density at radius 3 is 1.71 bits per heavy atom. The molecule has 0 aromatic heterocycles. The summed E-state index contributed by atoms with van der Waals surface area (Å²) in [5.41, 5.74) is 0. The minimum Gasteiger partial charge on any atom is -0.424 e. The van der Waals surface area contributed by atoms with Gasteiger partial charge in [-0.1, -0.05) is 81.0 Å². The average Bonchev–Trinajstić information content (AvgIpc) is 3.02. The Hall–Kier alpha value is -1.54. The van der Waals surface area contributed by atoms with Crippen LogP contribution in [0.25, 0.3) is 0 Å². The highest BCUT2D eigenvalue weighted by Crippen LogP contribution is 2.47. The van der Waals surface area contributed by atoms with E-state index >= 15 is 0 Å². The molecule has 1 fully saturated rings. The van der Waals surface area contributed by atoms with E-state index in [1.54, 1.807) is 0 Å². The Labute approximate surface area is 189 Å². The maximum atomic E-state index is 13.9. The van der Waals surface area contributed by atoms with Crippen molar-refractivity contribution in [3.63, 3.8) is 0 Å². The van der Waals surface area contributed by atoms with Crippen LogP contribution < -0.4 is 20.1 Å². The molecule has 1 heterocycles. The molecule has 2 aliphatic rings. The first-order valence-corrected chi connectivity index (χ1v) is 11.5. The molecule has 1 saturated carbocycles. The lowest BCUT2D eigenvalue weighted by atomic mass is 9.98. The van der Waals surface area contributed by atoms with Crippen LogP contribution in [0, 0.1) is 0 Å². The Morgan fingerprint density at radius 2 is 1.29 bits per heavy atom. The van der Waals surface area contributed by atoms with Gasteiger partial charge >= 0.3 is 18.1 Å². The molecule has 0 spiro atoms. The van der Waals surface area contributed by atoms with Crippen molar-refractivity contribution in [1.82, 2.24) is 10.6 Å². The van der Waals surface area contributed by atoms with Crippen molar-refractivity contribution in [2.45, 2.75) is 88.8 Å². The second-order valence-electron chi connectivity index (χ2n) is 8.09. The molecule has 0 unspecified atom stereocenters. The lowest BCUT2D eigenvalue weighted by Crippen LogP contribution is -2.66. The highest BCUT2D eigenvalue weighted by Gasteiger charge is 2.66. The average molecular weight is 483 g/mol. The van der Waals surface area contributed by atoms with Crippen molar-refractivity contribution >= 4 is 29.2 Å². The minimum absolute atomic E-state index is 0.0136. The number of hydrogen-bond acceptors (Lipinski definition) is 3. The van der Waals surface area contributed by atoms with E-state index < -0.39 is 18.1 Å². The lowest BCUT2D eigenvalue weighted by molar-refractivity contribution is -0.317. The molecule has 2 amide bonds. The highest BCUT2D eigenvalue weighted by atomic mass is 35.5. The van der Waals surface area contributed by atoms with Crippen molar-refractivity contribution in [1.29, 1.82) is 0 Å². The number of carbonyl (C=O) groups excluding carboxylic acids is 1. The molecule has 31 heavy (non-hydrogen) atoms. The predicted molar refractivity (Wildman–Crippen MR) is 113 cm³/mol. The molecule has 0 atom stereocenters. The summed E-state index contributed by atoms with van der Waals surface area (Å²) in [6, 6.07) is 1.04. The second kappa shape index (κ2) is 10.4. The summed E-state index contributed by atoms with van der Waals surface area (Å²) in [7, 11) is 0. The fourth-order valence-corrected chi connectivity index (χ4v) is 4.22. The molecule has 5 nitrogen and oxygen atoms in total. The molecule has 1 aliphatic carbocycles. The maximum absolute atomic E-state index is 13.9. The largest absolute Gasteiger partial charge is 0.492 e. The van der Waals surface area contributed by atoms with Crippen LogP contribution in [-0.4, -0.2) is 24.2 Å². The summed E-state index contributed by atoms with van der Waals surface area (Å²) in [5, 5.41) is 4.56. The van der Waals surface area contributed by atoms with Crippen LogP contribution in [-0.2, 0) is 0 Å². The first kappa shape index (κ1) is 24.1. The molecule has 1 aromatic rings. The molecular formula is C21H27Cl2F3N2O3. The van der Waals surface area contributed by atoms with E-state index in [1.165, 1.54) is 19.3 Å². The van der Waals surface area contributed by atoms with Gasteiger partial charge in [-0.05, 0) is 12.8 Å². The smallest absolute Gasteiger partial charge is 0.424 e. The van der Waals surface area contributed by atoms with Crippen LogP contribution in [0.3, 0.4) is 0 Å². The van der Waals surface area contributed by atoms with E-state index in [4.69, 9.17) is 32.7 Å². The van der Waals surface area contributed by atoms with Crippen LogP contribution in [0.1, 0.15) is 70.6 Å². The minimum atomic E-state index is -5.05. The van der Waals surface area contributed by atoms with E-state index in [9.17, 15) is 18.0 Å². The van der Waals surface area contributed by atoms with Crippen molar-refractivity contribution in [2.75, 3.05) is 0 Å². The van der Waals surface area contributed by atoms with Crippen LogP contribution in [0.2, 0.25) is 10.0 Å². The zero-order valence-corrected chi connectivity index (χ0v) is 18.6. The molecule has 1 aliphatic heterocycles. The van der Waals surface area contributed by atoms with Gasteiger partial charge in [-0.25, -0.2) is 4.79 Å². The lowest BCUT2D eigenvalue weighted by Gasteiger charge is -2.30. The number of hydrogen-bond donors (Lipinski definition) is 2. The summed E-state index contributed by atoms with van der Waals surface area (Å²) in [6.07, 6.45) is 6.28. The number of halogens is 5. The third-order valence-electron chi connectivity index (χ3n) is 5.59. The standard InChI is InChI=1S/C21H27Cl2F3N2O3/c22-15-12-17-18(13-16(15)23)31-21(30-17,20(24,25)26)28-19(29)27-14-10-8-6-4-2-1-3-5-7-9-11-14/h12-14H,1-11H2,(H2,27,28,29). The Bertz CT molecular complexity index is 734. The van der Waals surface area contributed by atoms with Gasteiger partial charge in [0.25, 0.3) is 0 Å². The van der Waals surface area contributed by atoms with Crippen LogP contribution >= 0.6 is 23.2 Å². The molecule has 10 heteroatoms. The quantitative estimate of drug-likeness (QED) is 0.479. The number of rotatable bonds is 2. The zero-order valence-electron chi connectivity index (χ0n) is 17.1. The number of fused-ring (bicyclic) bond motifs is 1. The van der Waals surface area contributed by atoms with Crippen LogP contribution in [0.5, 0.6) is 11.5 Å². The monoisotopic (exact) mass is 482 g/mol. The van der Waals surface area contributed by atoms with Gasteiger partial charge in [0.15, 0.2) is 11.5 Å². The Morgan fingerprint density at radius 1 is 0.871 bits per heavy atom. The fourth-order valence-electron chi connectivity index (χ4n) is 3.92. The number of amides is 2. The van der Waals surface area contributed by atoms with E-state index in [0.29, 0.717) is 0 Å². The number of carbonyl (C=O) groups is 1. The number of benzene rings is 1. The van der Waals surface area contributed by atoms with E-state index in [-0.39, 0.29) is 27.6 Å². The second-order valence-corrected chi connectivity index (χ2v) is 8.90. The number of urea groups is 1. The topological polar surface area (TPSA) is 59.6 Å². The summed E-state index contributed by atoms with van der Waals surface area (Å²) in [5.74, 6) is -3.85. The van der Waals surface area contributed by atoms with Crippen LogP contribution in [0.4, 0.5) is 18.0 Å². The van der Waals surface area contributed by atoms with Gasteiger partial charge in [0.1, 0.15) is 0 Å². The van der Waals surface area contributed by atoms with Crippen molar-refractivity contribution in [2.24, 2.45) is 0 Å². The Balaban J connectivity index is 1.66. The third kappa shape index (κ3) is 6.25. The van der Waals surface area contributed by atoms with Gasteiger partial charge in [0, 0.05) is 18.2 Å². The SMILES string of the molecule is O=C(NC1CCCCCCCCCCC1)NC1(C(F)(F)F)Oc2cc(Cl)c(Cl)cc2O1. The molecule has 174 valence electrons. The normalized spacial score (nSPS) is 20.4. The van der Waals surface area contributed by atoms with E-state index in [0.717, 1.165) is 63.5 Å². The van der Waals surface area contributed by atoms with E-state index in [1.807, 2.05) is 5.32 Å². The molecule has 3 rings (SSSR count). The summed E-state index contributed by atoms with van der Waals surface area (Å²) in [4.78, 5) is 12.5. The van der Waals surface area contributed by atoms with Gasteiger partial charge in [-0.2, -0.15) is 13.2 Å². The molecule has 0 saturated heterocycles. The third-order valence-corrected chi connectivity index (χ3v) is 6.31. The number of alkyl halides is 3. The molecule has 0 bridgehead atoms. The maximum Gasteiger partial charge on any atom is 0.492 e. The predicted octanol–water partition coefficient (Wildman–Crippen LogP) is 6.95. The summed E-state index contributed by atoms with van der Waals surface area (Å²) < 4.78 is 51.6. The number of nitrogens with one attached hydrogen (secondary N) is 2. The van der Waals surface area contributed by atoms with Crippen molar-refractivity contribution in [3.05, 3.63) is 22.2 Å². The fraction of sp³-hybridized carbons (Fsp3) is 0.667. The van der Waals surface area contributed by atoms with Crippen LogP contribution in [0.15, 0.2) is 12.1 Å². The zero-order chi connectivity index (χ0) is 22.5. The van der Waals surface area contributed by atoms with E-state index in [2.05, 4.69) is 5.32 Å². The van der Waals surface area contributed by atoms with Gasteiger partial charge < -0.3 is 14.8 Å². The van der Waals surface area contributed by atoms with Gasteiger partial charge in [0.2, 0.25) is 0 Å². The molecule has 1 aromatic carbocycles. The molecular weight excluding hydrogens is 456 g/mol.